The van der Waals surface area contributed by atoms with E-state index in [1.807, 2.05) is 36.4 Å². The van der Waals surface area contributed by atoms with E-state index < -0.39 is 5.97 Å². The highest BCUT2D eigenvalue weighted by atomic mass is 16.5. The molecular formula is C25H32N2O4. The SMILES string of the molecule is CC1CN(Cc2ccc(C(=O)OCC(=O)Nc3ccc(C(C)C)cc3)cc2)CC(C)O1. The van der Waals surface area contributed by atoms with E-state index in [1.54, 1.807) is 12.1 Å². The number of ether oxygens (including phenoxy) is 2. The van der Waals surface area contributed by atoms with Crippen LogP contribution in [0.4, 0.5) is 5.69 Å². The number of carbonyl (C=O) groups excluding carboxylic acids is 2. The molecule has 0 spiro atoms. The van der Waals surface area contributed by atoms with Crippen molar-refractivity contribution in [2.24, 2.45) is 0 Å². The van der Waals surface area contributed by atoms with Crippen molar-refractivity contribution in [1.82, 2.24) is 4.90 Å². The summed E-state index contributed by atoms with van der Waals surface area (Å²) in [6, 6.07) is 15.0. The van der Waals surface area contributed by atoms with Crippen LogP contribution in [0.3, 0.4) is 0 Å². The van der Waals surface area contributed by atoms with E-state index in [2.05, 4.69) is 37.9 Å². The Morgan fingerprint density at radius 1 is 1.03 bits per heavy atom. The fourth-order valence-corrected chi connectivity index (χ4v) is 3.78. The van der Waals surface area contributed by atoms with Crippen LogP contribution in [0.15, 0.2) is 48.5 Å². The van der Waals surface area contributed by atoms with Crippen molar-refractivity contribution >= 4 is 17.6 Å². The summed E-state index contributed by atoms with van der Waals surface area (Å²) in [5.74, 6) is -0.443. The molecule has 3 rings (SSSR count). The fourth-order valence-electron chi connectivity index (χ4n) is 3.78. The van der Waals surface area contributed by atoms with Crippen molar-refractivity contribution < 1.29 is 19.1 Å². The predicted molar refractivity (Wildman–Crippen MR) is 121 cm³/mol. The maximum atomic E-state index is 12.3. The minimum absolute atomic E-state index is 0.220. The number of benzene rings is 2. The second-order valence-corrected chi connectivity index (χ2v) is 8.55. The van der Waals surface area contributed by atoms with E-state index in [0.717, 1.165) is 25.2 Å². The van der Waals surface area contributed by atoms with Gasteiger partial charge >= 0.3 is 5.97 Å². The molecule has 0 radical (unpaired) electrons. The number of hydrogen-bond acceptors (Lipinski definition) is 5. The van der Waals surface area contributed by atoms with Gasteiger partial charge in [0.2, 0.25) is 0 Å². The number of esters is 1. The second kappa shape index (κ2) is 10.6. The van der Waals surface area contributed by atoms with E-state index in [9.17, 15) is 9.59 Å². The standard InChI is InChI=1S/C25H32N2O4/c1-17(2)21-9-11-23(12-10-21)26-24(28)16-30-25(29)22-7-5-20(6-8-22)15-27-13-18(3)31-19(4)14-27/h5-12,17-19H,13-16H2,1-4H3,(H,26,28). The van der Waals surface area contributed by atoms with Gasteiger partial charge in [-0.05, 0) is 55.2 Å². The molecule has 2 aromatic carbocycles. The molecule has 31 heavy (non-hydrogen) atoms. The molecule has 2 atom stereocenters. The summed E-state index contributed by atoms with van der Waals surface area (Å²) in [5.41, 5.74) is 3.44. The number of morpholine rings is 1. The van der Waals surface area contributed by atoms with Gasteiger partial charge in [-0.25, -0.2) is 4.79 Å². The number of amides is 1. The molecule has 1 heterocycles. The van der Waals surface area contributed by atoms with Crippen LogP contribution in [0, 0.1) is 0 Å². The van der Waals surface area contributed by atoms with Gasteiger partial charge in [0, 0.05) is 25.3 Å². The summed E-state index contributed by atoms with van der Waals surface area (Å²) < 4.78 is 10.9. The monoisotopic (exact) mass is 424 g/mol. The zero-order valence-corrected chi connectivity index (χ0v) is 18.8. The van der Waals surface area contributed by atoms with E-state index in [-0.39, 0.29) is 24.7 Å². The van der Waals surface area contributed by atoms with Crippen LogP contribution in [0.25, 0.3) is 0 Å². The van der Waals surface area contributed by atoms with Crippen LogP contribution in [0.5, 0.6) is 0 Å². The van der Waals surface area contributed by atoms with Crippen molar-refractivity contribution in [3.05, 3.63) is 65.2 Å². The Labute approximate surface area is 184 Å². The van der Waals surface area contributed by atoms with Gasteiger partial charge in [-0.15, -0.1) is 0 Å². The van der Waals surface area contributed by atoms with E-state index >= 15 is 0 Å². The van der Waals surface area contributed by atoms with Gasteiger partial charge in [-0.2, -0.15) is 0 Å². The first kappa shape index (κ1) is 23.0. The number of anilines is 1. The Balaban J connectivity index is 1.46. The summed E-state index contributed by atoms with van der Waals surface area (Å²) in [4.78, 5) is 26.7. The Bertz CT molecular complexity index is 867. The molecule has 1 amide bonds. The molecule has 6 nitrogen and oxygen atoms in total. The highest BCUT2D eigenvalue weighted by Crippen LogP contribution is 2.17. The number of rotatable bonds is 7. The van der Waals surface area contributed by atoms with Gasteiger partial charge in [-0.3, -0.25) is 9.69 Å². The van der Waals surface area contributed by atoms with Gasteiger partial charge in [-0.1, -0.05) is 38.1 Å². The van der Waals surface area contributed by atoms with Crippen molar-refractivity contribution in [2.75, 3.05) is 25.0 Å². The summed E-state index contributed by atoms with van der Waals surface area (Å²) in [6.07, 6.45) is 0.439. The molecule has 0 aromatic heterocycles. The van der Waals surface area contributed by atoms with Crippen LogP contribution in [0.2, 0.25) is 0 Å². The zero-order chi connectivity index (χ0) is 22.4. The van der Waals surface area contributed by atoms with Crippen LogP contribution in [-0.4, -0.2) is 48.7 Å². The molecule has 0 saturated carbocycles. The molecule has 1 aliphatic heterocycles. The first-order chi connectivity index (χ1) is 14.8. The summed E-state index contributed by atoms with van der Waals surface area (Å²) in [6.45, 7) is 10.7. The van der Waals surface area contributed by atoms with E-state index in [0.29, 0.717) is 17.2 Å². The predicted octanol–water partition coefficient (Wildman–Crippen LogP) is 4.21. The van der Waals surface area contributed by atoms with Gasteiger partial charge in [0.25, 0.3) is 5.91 Å². The highest BCUT2D eigenvalue weighted by Gasteiger charge is 2.22. The first-order valence-corrected chi connectivity index (χ1v) is 10.8. The van der Waals surface area contributed by atoms with Crippen LogP contribution < -0.4 is 5.32 Å². The number of nitrogens with one attached hydrogen (secondary N) is 1. The smallest absolute Gasteiger partial charge is 0.338 e. The van der Waals surface area contributed by atoms with Crippen molar-refractivity contribution in [3.8, 4) is 0 Å². The summed E-state index contributed by atoms with van der Waals surface area (Å²) in [5, 5.41) is 2.74. The molecule has 166 valence electrons. The lowest BCUT2D eigenvalue weighted by Gasteiger charge is -2.35. The maximum Gasteiger partial charge on any atom is 0.338 e. The highest BCUT2D eigenvalue weighted by molar-refractivity contribution is 5.95. The number of carbonyl (C=O) groups is 2. The lowest BCUT2D eigenvalue weighted by Crippen LogP contribution is -2.44. The second-order valence-electron chi connectivity index (χ2n) is 8.55. The Hall–Kier alpha value is -2.70. The normalized spacial score (nSPS) is 19.3. The van der Waals surface area contributed by atoms with E-state index in [4.69, 9.17) is 9.47 Å². The van der Waals surface area contributed by atoms with Gasteiger partial charge in [0.05, 0.1) is 17.8 Å². The molecular weight excluding hydrogens is 392 g/mol. The van der Waals surface area contributed by atoms with Crippen LogP contribution in [0.1, 0.15) is 55.1 Å². The average molecular weight is 425 g/mol. The quantitative estimate of drug-likeness (QED) is 0.674. The van der Waals surface area contributed by atoms with E-state index in [1.165, 1.54) is 5.56 Å². The minimum atomic E-state index is -0.509. The van der Waals surface area contributed by atoms with Crippen molar-refractivity contribution in [1.29, 1.82) is 0 Å². The third-order valence-electron chi connectivity index (χ3n) is 5.29. The molecule has 2 aromatic rings. The van der Waals surface area contributed by atoms with Gasteiger partial charge in [0.15, 0.2) is 6.61 Å². The largest absolute Gasteiger partial charge is 0.452 e. The molecule has 2 unspecified atom stereocenters. The molecule has 1 fully saturated rings. The number of hydrogen-bond donors (Lipinski definition) is 1. The zero-order valence-electron chi connectivity index (χ0n) is 18.8. The first-order valence-electron chi connectivity index (χ1n) is 10.8. The van der Waals surface area contributed by atoms with Gasteiger partial charge < -0.3 is 14.8 Å². The molecule has 1 aliphatic rings. The molecule has 6 heteroatoms. The van der Waals surface area contributed by atoms with Crippen molar-refractivity contribution in [2.45, 2.75) is 52.4 Å². The lowest BCUT2D eigenvalue weighted by atomic mass is 10.0. The van der Waals surface area contributed by atoms with Gasteiger partial charge in [0.1, 0.15) is 0 Å². The average Bonchev–Trinajstić information content (AvgIpc) is 2.72. The van der Waals surface area contributed by atoms with Crippen LogP contribution in [-0.2, 0) is 20.8 Å². The fraction of sp³-hybridized carbons (Fsp3) is 0.440. The minimum Gasteiger partial charge on any atom is -0.452 e. The Morgan fingerprint density at radius 2 is 1.65 bits per heavy atom. The summed E-state index contributed by atoms with van der Waals surface area (Å²) >= 11 is 0. The maximum absolute atomic E-state index is 12.3. The Morgan fingerprint density at radius 3 is 2.23 bits per heavy atom. The van der Waals surface area contributed by atoms with Crippen LogP contribution >= 0.6 is 0 Å². The third-order valence-corrected chi connectivity index (χ3v) is 5.29. The third kappa shape index (κ3) is 6.91. The topological polar surface area (TPSA) is 67.9 Å². The molecule has 0 bridgehead atoms. The molecule has 1 saturated heterocycles. The molecule has 1 N–H and O–H groups in total. The van der Waals surface area contributed by atoms with Crippen molar-refractivity contribution in [3.63, 3.8) is 0 Å². The summed E-state index contributed by atoms with van der Waals surface area (Å²) in [7, 11) is 0. The Kier molecular flexibility index (Phi) is 7.82. The molecule has 0 aliphatic carbocycles. The number of nitrogens with zero attached hydrogens (tertiary/aromatic N) is 1. The lowest BCUT2D eigenvalue weighted by molar-refractivity contribution is -0.119.